The molecule has 1 nitrogen and oxygen atoms in total. The molecule has 0 aromatic carbocycles. The monoisotopic (exact) mass is 426 g/mol. The molecule has 1 saturated heterocycles. The Kier molecular flexibility index (Phi) is 4.39. The van der Waals surface area contributed by atoms with Crippen molar-refractivity contribution in [2.24, 2.45) is 56.2 Å². The Labute approximate surface area is 192 Å². The highest BCUT2D eigenvalue weighted by atomic mass is 16.5. The minimum absolute atomic E-state index is 0.461. The van der Waals surface area contributed by atoms with E-state index in [1.54, 1.807) is 0 Å². The highest BCUT2D eigenvalue weighted by molar-refractivity contribution is 5.22. The summed E-state index contributed by atoms with van der Waals surface area (Å²) in [6, 6.07) is 0. The first kappa shape index (κ1) is 21.5. The summed E-state index contributed by atoms with van der Waals surface area (Å²) in [4.78, 5) is 0. The van der Waals surface area contributed by atoms with Crippen LogP contribution in [0.4, 0.5) is 0 Å². The van der Waals surface area contributed by atoms with E-state index in [1.807, 2.05) is 0 Å². The van der Waals surface area contributed by atoms with Crippen molar-refractivity contribution < 1.29 is 4.74 Å². The van der Waals surface area contributed by atoms with Gasteiger partial charge in [-0.1, -0.05) is 54.4 Å². The van der Waals surface area contributed by atoms with E-state index in [0.717, 1.165) is 36.9 Å². The average Bonchev–Trinajstić information content (AvgIpc) is 2.72. The zero-order valence-corrected chi connectivity index (χ0v) is 21.6. The topological polar surface area (TPSA) is 9.23 Å². The van der Waals surface area contributed by atoms with Crippen LogP contribution in [0.5, 0.6) is 0 Å². The molecule has 1 spiro atoms. The smallest absolute Gasteiger partial charge is 0.0530 e. The van der Waals surface area contributed by atoms with Crippen LogP contribution >= 0.6 is 0 Å². The van der Waals surface area contributed by atoms with Crippen molar-refractivity contribution in [2.45, 2.75) is 119 Å². The van der Waals surface area contributed by atoms with E-state index in [1.165, 1.54) is 77.0 Å². The lowest BCUT2D eigenvalue weighted by atomic mass is 9.29. The molecule has 5 saturated carbocycles. The molecule has 0 aromatic rings. The van der Waals surface area contributed by atoms with Crippen LogP contribution in [-0.2, 0) is 4.74 Å². The largest absolute Gasteiger partial charge is 0.380 e. The lowest BCUT2D eigenvalue weighted by Gasteiger charge is -2.77. The van der Waals surface area contributed by atoms with Crippen LogP contribution in [0.2, 0.25) is 0 Å². The van der Waals surface area contributed by atoms with Crippen molar-refractivity contribution in [2.75, 3.05) is 13.2 Å². The van der Waals surface area contributed by atoms with Crippen LogP contribution in [0.3, 0.4) is 0 Å². The summed E-state index contributed by atoms with van der Waals surface area (Å²) in [6.45, 7) is 18.1. The van der Waals surface area contributed by atoms with Crippen molar-refractivity contribution in [1.29, 1.82) is 0 Å². The van der Waals surface area contributed by atoms with Gasteiger partial charge in [0.1, 0.15) is 0 Å². The molecule has 0 radical (unpaired) electrons. The molecule has 0 N–H and O–H groups in total. The quantitative estimate of drug-likeness (QED) is 0.379. The fraction of sp³-hybridized carbons (Fsp3) is 1.00. The second kappa shape index (κ2) is 6.34. The fourth-order valence-corrected chi connectivity index (χ4v) is 11.8. The number of rotatable bonds is 0. The van der Waals surface area contributed by atoms with Gasteiger partial charge in [0, 0.05) is 10.8 Å². The van der Waals surface area contributed by atoms with Gasteiger partial charge in [-0.15, -0.1) is 0 Å². The molecule has 9 atom stereocenters. The van der Waals surface area contributed by atoms with E-state index >= 15 is 0 Å². The van der Waals surface area contributed by atoms with E-state index in [4.69, 9.17) is 4.74 Å². The minimum atomic E-state index is 0.461. The van der Waals surface area contributed by atoms with Gasteiger partial charge in [0.2, 0.25) is 0 Å². The van der Waals surface area contributed by atoms with Crippen molar-refractivity contribution in [3.8, 4) is 0 Å². The maximum absolute atomic E-state index is 6.82. The summed E-state index contributed by atoms with van der Waals surface area (Å²) < 4.78 is 6.82. The normalized spacial score (nSPS) is 60.2. The summed E-state index contributed by atoms with van der Waals surface area (Å²) in [5.74, 6) is 3.66. The van der Waals surface area contributed by atoms with E-state index < -0.39 is 0 Å². The zero-order valence-electron chi connectivity index (χ0n) is 21.6. The van der Waals surface area contributed by atoms with Crippen molar-refractivity contribution in [3.05, 3.63) is 0 Å². The second-order valence-electron chi connectivity index (χ2n) is 15.4. The zero-order chi connectivity index (χ0) is 21.9. The summed E-state index contributed by atoms with van der Waals surface area (Å²) in [5.41, 5.74) is 3.12. The predicted octanol–water partition coefficient (Wildman–Crippen LogP) is 8.27. The van der Waals surface area contributed by atoms with Crippen LogP contribution < -0.4 is 0 Å². The predicted molar refractivity (Wildman–Crippen MR) is 129 cm³/mol. The number of fused-ring (bicyclic) bond motifs is 3. The van der Waals surface area contributed by atoms with Gasteiger partial charge in [-0.25, -0.2) is 0 Å². The Morgan fingerprint density at radius 1 is 0.677 bits per heavy atom. The van der Waals surface area contributed by atoms with Crippen LogP contribution in [0.1, 0.15) is 119 Å². The summed E-state index contributed by atoms with van der Waals surface area (Å²) in [7, 11) is 0. The molecule has 0 unspecified atom stereocenters. The lowest BCUT2D eigenvalue weighted by Crippen LogP contribution is -2.73. The van der Waals surface area contributed by atoms with Gasteiger partial charge < -0.3 is 4.74 Å². The molecule has 1 heterocycles. The van der Waals surface area contributed by atoms with Crippen LogP contribution in [-0.4, -0.2) is 13.2 Å². The van der Waals surface area contributed by atoms with E-state index in [-0.39, 0.29) is 0 Å². The Bertz CT molecular complexity index is 756. The molecule has 1 aliphatic heterocycles. The Morgan fingerprint density at radius 2 is 1.45 bits per heavy atom. The molecule has 31 heavy (non-hydrogen) atoms. The molecule has 5 aliphatic carbocycles. The molecule has 176 valence electrons. The third kappa shape index (κ3) is 2.49. The molecule has 1 heteroatoms. The first-order valence-corrected chi connectivity index (χ1v) is 14.1. The maximum atomic E-state index is 6.82. The Hall–Kier alpha value is -0.0400. The van der Waals surface area contributed by atoms with Gasteiger partial charge in [0.15, 0.2) is 0 Å². The van der Waals surface area contributed by atoms with Crippen molar-refractivity contribution in [3.63, 3.8) is 0 Å². The van der Waals surface area contributed by atoms with Gasteiger partial charge >= 0.3 is 0 Å². The fourth-order valence-electron chi connectivity index (χ4n) is 11.8. The Morgan fingerprint density at radius 3 is 2.26 bits per heavy atom. The summed E-state index contributed by atoms with van der Waals surface area (Å²) >= 11 is 0. The van der Waals surface area contributed by atoms with Gasteiger partial charge in [-0.2, -0.15) is 0 Å². The van der Waals surface area contributed by atoms with Crippen LogP contribution in [0.15, 0.2) is 0 Å². The molecule has 6 fully saturated rings. The van der Waals surface area contributed by atoms with E-state index in [0.29, 0.717) is 32.5 Å². The van der Waals surface area contributed by atoms with Gasteiger partial charge in [0.25, 0.3) is 0 Å². The molecule has 6 aliphatic rings. The van der Waals surface area contributed by atoms with Crippen LogP contribution in [0.25, 0.3) is 0 Å². The highest BCUT2D eigenvalue weighted by Crippen LogP contribution is 2.79. The molecular weight excluding hydrogens is 376 g/mol. The molecular formula is C30H50O. The van der Waals surface area contributed by atoms with Gasteiger partial charge in [-0.3, -0.25) is 0 Å². The standard InChI is InChI=1S/C30H50O/c1-21-8-7-9-22-27(21,5)11-10-23-29(22)16-15-28(6)24-18-25(2,3)12-13-26(24,4)14-17-30(23,28)20-31-19-29/h21-24H,7-20H2,1-6H3/t21-,22+,23-,24+,26+,27+,28-,29+,30+/m0/s1. The van der Waals surface area contributed by atoms with Gasteiger partial charge in [-0.05, 0) is 110 Å². The molecule has 0 amide bonds. The highest BCUT2D eigenvalue weighted by Gasteiger charge is 2.74. The molecule has 6 rings (SSSR count). The lowest BCUT2D eigenvalue weighted by molar-refractivity contribution is -0.323. The summed E-state index contributed by atoms with van der Waals surface area (Å²) in [5, 5.41) is 0. The maximum Gasteiger partial charge on any atom is 0.0530 e. The molecule has 2 bridgehead atoms. The first-order chi connectivity index (χ1) is 14.5. The first-order valence-electron chi connectivity index (χ1n) is 14.1. The average molecular weight is 427 g/mol. The van der Waals surface area contributed by atoms with E-state index in [2.05, 4.69) is 41.5 Å². The van der Waals surface area contributed by atoms with Crippen LogP contribution in [0, 0.1) is 56.2 Å². The number of hydrogen-bond donors (Lipinski definition) is 0. The number of hydrogen-bond acceptors (Lipinski definition) is 1. The minimum Gasteiger partial charge on any atom is -0.380 e. The molecule has 0 aromatic heterocycles. The second-order valence-corrected chi connectivity index (χ2v) is 15.4. The third-order valence-electron chi connectivity index (χ3n) is 13.9. The van der Waals surface area contributed by atoms with Crippen molar-refractivity contribution in [1.82, 2.24) is 0 Å². The van der Waals surface area contributed by atoms with Crippen molar-refractivity contribution >= 4 is 0 Å². The third-order valence-corrected chi connectivity index (χ3v) is 13.9. The van der Waals surface area contributed by atoms with Gasteiger partial charge in [0.05, 0.1) is 13.2 Å². The van der Waals surface area contributed by atoms with E-state index in [9.17, 15) is 0 Å². The number of ether oxygens (including phenoxy) is 1. The summed E-state index contributed by atoms with van der Waals surface area (Å²) in [6.07, 6.45) is 17.7. The Balaban J connectivity index is 1.44. The SMILES string of the molecule is C[C@H]1CCC[C@@H]2[C@]1(C)CC[C@H]1[C@@]23CC[C@@]2(C)[C@@H]4CC(C)(C)CC[C@]4(C)CC[C@@]12COC3.